The number of aromatic nitrogens is 2. The monoisotopic (exact) mass is 989 g/mol. The molecule has 0 radical (unpaired) electrons. The zero-order chi connectivity index (χ0) is 50.3. The zero-order valence-electron chi connectivity index (χ0n) is 40.3. The molecule has 0 saturated carbocycles. The van der Waals surface area contributed by atoms with Gasteiger partial charge < -0.3 is 25.0 Å². The van der Waals surface area contributed by atoms with Crippen molar-refractivity contribution in [2.24, 2.45) is 11.7 Å². The molecular formula is C53H60F3N10O6+. The lowest BCUT2D eigenvalue weighted by Crippen LogP contribution is -2.52. The van der Waals surface area contributed by atoms with Crippen molar-refractivity contribution in [3.8, 4) is 5.69 Å². The second kappa shape index (κ2) is 20.1. The van der Waals surface area contributed by atoms with E-state index in [1.807, 2.05) is 18.2 Å². The van der Waals surface area contributed by atoms with E-state index in [4.69, 9.17) is 20.6 Å². The number of pyridine rings is 1. The molecule has 16 nitrogen and oxygen atoms in total. The van der Waals surface area contributed by atoms with Crippen molar-refractivity contribution in [2.75, 3.05) is 71.0 Å². The number of hydrogen-bond acceptors (Lipinski definition) is 10. The molecule has 4 saturated heterocycles. The molecule has 0 bridgehead atoms. The Bertz CT molecular complexity index is 2980. The van der Waals surface area contributed by atoms with Crippen molar-refractivity contribution in [3.05, 3.63) is 135 Å². The maximum Gasteiger partial charge on any atom is 0.418 e. The van der Waals surface area contributed by atoms with Gasteiger partial charge in [-0.2, -0.15) is 18.6 Å². The number of amides is 3. The minimum absolute atomic E-state index is 0.166. The summed E-state index contributed by atoms with van der Waals surface area (Å²) in [5, 5.41) is 9.92. The molecule has 5 aromatic rings. The van der Waals surface area contributed by atoms with Gasteiger partial charge in [0.05, 0.1) is 49.1 Å². The van der Waals surface area contributed by atoms with Gasteiger partial charge in [0.15, 0.2) is 5.84 Å². The van der Waals surface area contributed by atoms with Gasteiger partial charge in [0, 0.05) is 88.9 Å². The molecule has 72 heavy (non-hydrogen) atoms. The maximum absolute atomic E-state index is 14.6. The largest absolute Gasteiger partial charge is 0.418 e. The van der Waals surface area contributed by atoms with Gasteiger partial charge in [-0.1, -0.05) is 36.4 Å². The molecule has 0 spiro atoms. The van der Waals surface area contributed by atoms with Crippen LogP contribution < -0.4 is 21.6 Å². The molecule has 5 aliphatic rings. The maximum atomic E-state index is 14.6. The van der Waals surface area contributed by atoms with Crippen LogP contribution in [0.2, 0.25) is 0 Å². The van der Waals surface area contributed by atoms with Crippen LogP contribution in [0.3, 0.4) is 0 Å². The highest BCUT2D eigenvalue weighted by Gasteiger charge is 2.43. The first-order valence-corrected chi connectivity index (χ1v) is 24.6. The number of halogens is 3. The van der Waals surface area contributed by atoms with Gasteiger partial charge in [0.25, 0.3) is 5.91 Å². The molecule has 4 fully saturated rings. The third kappa shape index (κ3) is 10.1. The molecule has 1 unspecified atom stereocenters. The van der Waals surface area contributed by atoms with E-state index >= 15 is 0 Å². The highest BCUT2D eigenvalue weighted by atomic mass is 19.4. The molecule has 3 amide bonds. The normalized spacial score (nSPS) is 20.4. The molecule has 5 aliphatic heterocycles. The van der Waals surface area contributed by atoms with Crippen LogP contribution >= 0.6 is 0 Å². The minimum atomic E-state index is -4.69. The number of carbonyl (C=O) groups is 3. The van der Waals surface area contributed by atoms with Crippen LogP contribution in [0.1, 0.15) is 75.8 Å². The second-order valence-corrected chi connectivity index (χ2v) is 20.1. The average molecular weight is 990 g/mol. The third-order valence-corrected chi connectivity index (χ3v) is 15.2. The van der Waals surface area contributed by atoms with Crippen molar-refractivity contribution < 1.29 is 41.6 Å². The van der Waals surface area contributed by atoms with E-state index in [-0.39, 0.29) is 30.3 Å². The third-order valence-electron chi connectivity index (χ3n) is 15.2. The first-order valence-electron chi connectivity index (χ1n) is 24.6. The Balaban J connectivity index is 0.686. The number of imidazole rings is 1. The average Bonchev–Trinajstić information content (AvgIpc) is 3.87. The summed E-state index contributed by atoms with van der Waals surface area (Å²) in [6.07, 6.45) is 1.89. The zero-order valence-corrected chi connectivity index (χ0v) is 40.3. The summed E-state index contributed by atoms with van der Waals surface area (Å²) in [4.78, 5) is 59.7. The Hall–Kier alpha value is -6.67. The Morgan fingerprint density at radius 1 is 0.875 bits per heavy atom. The van der Waals surface area contributed by atoms with Crippen molar-refractivity contribution in [2.45, 2.75) is 76.0 Å². The molecular weight excluding hydrogens is 930 g/mol. The van der Waals surface area contributed by atoms with Crippen molar-refractivity contribution in [1.82, 2.24) is 29.0 Å². The predicted octanol–water partition coefficient (Wildman–Crippen LogP) is 4.89. The summed E-state index contributed by atoms with van der Waals surface area (Å²) in [6.45, 7) is 8.16. The number of nitrogens with one attached hydrogen (secondary N) is 2. The number of rotatable bonds is 15. The van der Waals surface area contributed by atoms with Gasteiger partial charge in [-0.3, -0.25) is 38.5 Å². The molecule has 7 heterocycles. The van der Waals surface area contributed by atoms with Crippen LogP contribution in [0.4, 0.5) is 18.9 Å². The number of nitrogens with zero attached hydrogens (tertiary/aromatic N) is 7. The molecule has 19 heteroatoms. The van der Waals surface area contributed by atoms with Crippen molar-refractivity contribution in [1.29, 1.82) is 5.41 Å². The summed E-state index contributed by atoms with van der Waals surface area (Å²) >= 11 is 0. The highest BCUT2D eigenvalue weighted by molar-refractivity contribution is 6.05. The number of imide groups is 1. The lowest BCUT2D eigenvalue weighted by molar-refractivity contribution is -0.365. The number of benzene rings is 3. The number of carbonyl (C=O) groups excluding carboxylic acids is 3. The molecule has 3 aromatic carbocycles. The van der Waals surface area contributed by atoms with Gasteiger partial charge >= 0.3 is 11.9 Å². The van der Waals surface area contributed by atoms with E-state index in [0.717, 1.165) is 78.7 Å². The molecule has 0 aliphatic carbocycles. The SMILES string of the molecule is C[N+](C=N)=C(N)CC1(c2cccc(-n3cc4c(C(F)(F)F)cc(CN5CCC(COCc6ccc(CN7CCN(c8ccc9c(c8)CN(C8CCC(=O)NC8=O)C9=O)CC7)cc6)CC5)cn4c3=O)c2)COC1. The quantitative estimate of drug-likeness (QED) is 0.0568. The van der Waals surface area contributed by atoms with Crippen LogP contribution in [0, 0.1) is 11.3 Å². The van der Waals surface area contributed by atoms with Crippen molar-refractivity contribution in [3.63, 3.8) is 0 Å². The first kappa shape index (κ1) is 48.9. The molecule has 10 rings (SSSR count). The molecule has 1 atom stereocenters. The van der Waals surface area contributed by atoms with Gasteiger partial charge in [0.2, 0.25) is 18.2 Å². The van der Waals surface area contributed by atoms with Crippen LogP contribution in [0.5, 0.6) is 0 Å². The second-order valence-electron chi connectivity index (χ2n) is 20.1. The number of fused-ring (bicyclic) bond motifs is 2. The Morgan fingerprint density at radius 2 is 1.60 bits per heavy atom. The number of piperazine rings is 1. The lowest BCUT2D eigenvalue weighted by Gasteiger charge is -2.41. The van der Waals surface area contributed by atoms with E-state index in [0.29, 0.717) is 87.5 Å². The topological polar surface area (TPSA) is 174 Å². The van der Waals surface area contributed by atoms with Gasteiger partial charge in [0.1, 0.15) is 6.04 Å². The smallest absolute Gasteiger partial charge is 0.379 e. The van der Waals surface area contributed by atoms with E-state index < -0.39 is 34.8 Å². The van der Waals surface area contributed by atoms with Crippen LogP contribution in [0.25, 0.3) is 11.2 Å². The highest BCUT2D eigenvalue weighted by Crippen LogP contribution is 2.38. The predicted molar refractivity (Wildman–Crippen MR) is 263 cm³/mol. The molecule has 4 N–H and O–H groups in total. The number of amidine groups is 1. The van der Waals surface area contributed by atoms with Crippen LogP contribution in [-0.4, -0.2) is 130 Å². The lowest BCUT2D eigenvalue weighted by atomic mass is 9.75. The summed E-state index contributed by atoms with van der Waals surface area (Å²) in [5.74, 6) is -0.0732. The molecule has 2 aromatic heterocycles. The Labute approximate surface area is 414 Å². The fourth-order valence-corrected chi connectivity index (χ4v) is 10.8. The fraction of sp³-hybridized carbons (Fsp3) is 0.434. The van der Waals surface area contributed by atoms with Crippen molar-refractivity contribution >= 4 is 41.1 Å². The Kier molecular flexibility index (Phi) is 13.7. The number of piperidine rings is 2. The van der Waals surface area contributed by atoms with E-state index in [1.54, 1.807) is 30.1 Å². The summed E-state index contributed by atoms with van der Waals surface area (Å²) in [6, 6.07) is 22.1. The van der Waals surface area contributed by atoms with Gasteiger partial charge in [-0.05, 0) is 102 Å². The summed E-state index contributed by atoms with van der Waals surface area (Å²) in [5.41, 5.74) is 10.7. The number of anilines is 1. The van der Waals surface area contributed by atoms with Crippen LogP contribution in [0.15, 0.2) is 90.0 Å². The molecule has 378 valence electrons. The van der Waals surface area contributed by atoms with Gasteiger partial charge in [-0.15, -0.1) is 0 Å². The number of likely N-dealkylation sites (tertiary alicyclic amines) is 1. The first-order chi connectivity index (χ1) is 34.6. The van der Waals surface area contributed by atoms with Gasteiger partial charge in [-0.25, -0.2) is 9.37 Å². The minimum Gasteiger partial charge on any atom is -0.379 e. The van der Waals surface area contributed by atoms with E-state index in [9.17, 15) is 32.3 Å². The van der Waals surface area contributed by atoms with Crippen LogP contribution in [-0.2, 0) is 56.9 Å². The fourth-order valence-electron chi connectivity index (χ4n) is 10.8. The summed E-state index contributed by atoms with van der Waals surface area (Å²) < 4.78 is 59.6. The number of nitrogens with two attached hydrogens (primary N) is 1. The summed E-state index contributed by atoms with van der Waals surface area (Å²) in [7, 11) is 1.69. The van der Waals surface area contributed by atoms with E-state index in [1.165, 1.54) is 33.2 Å². The Morgan fingerprint density at radius 3 is 2.29 bits per heavy atom. The standard InChI is InChI=1S/C53H59F3N10O6/c1-60(34-57)47(58)24-52(32-72-33-52)40-3-2-4-42(23-40)64-29-46-44(53(54,55)56)21-38(27-66(46)51(64)70)26-61-15-13-37(14-16-61)31-71-30-36-7-5-35(6-8-36)25-62-17-19-63(20-18-62)41-9-10-43-39(22-41)28-65(50(43)69)45-11-12-48(67)59-49(45)68/h2-10,21-23,27,29,34,37,45,57-58H,11-20,24-26,28,30-33H2,1H3,(H,59,67,68)/p+1. The number of hydrogen-bond donors (Lipinski definition) is 3. The van der Waals surface area contributed by atoms with E-state index in [2.05, 4.69) is 50.3 Å². The number of ether oxygens (including phenoxy) is 2. The number of alkyl halides is 3.